The van der Waals surface area contributed by atoms with Gasteiger partial charge < -0.3 is 10.6 Å². The lowest BCUT2D eigenvalue weighted by Gasteiger charge is -2.36. The molecule has 0 spiro atoms. The highest BCUT2D eigenvalue weighted by Gasteiger charge is 2.41. The molecule has 2 heterocycles. The number of hydrogen-bond acceptors (Lipinski definition) is 3. The van der Waals surface area contributed by atoms with E-state index in [4.69, 9.17) is 0 Å². The summed E-state index contributed by atoms with van der Waals surface area (Å²) in [5.41, 5.74) is 4.08. The highest BCUT2D eigenvalue weighted by Crippen LogP contribution is 2.27. The van der Waals surface area contributed by atoms with E-state index in [0.29, 0.717) is 6.54 Å². The van der Waals surface area contributed by atoms with Crippen LogP contribution >= 0.6 is 0 Å². The van der Waals surface area contributed by atoms with Crippen LogP contribution in [0.5, 0.6) is 0 Å². The molecule has 0 bridgehead atoms. The normalized spacial score (nSPS) is 15.9. The van der Waals surface area contributed by atoms with Crippen LogP contribution in [0.15, 0.2) is 67.0 Å². The van der Waals surface area contributed by atoms with E-state index in [1.807, 2.05) is 23.0 Å². The third-order valence-electron chi connectivity index (χ3n) is 5.56. The number of nitrogens with zero attached hydrogens (tertiary/aromatic N) is 2. The number of rotatable bonds is 5. The summed E-state index contributed by atoms with van der Waals surface area (Å²) < 4.78 is 1.83. The highest BCUT2D eigenvalue weighted by molar-refractivity contribution is 5.84. The maximum absolute atomic E-state index is 13.2. The Morgan fingerprint density at radius 2 is 1.89 bits per heavy atom. The van der Waals surface area contributed by atoms with Crippen molar-refractivity contribution in [2.24, 2.45) is 0 Å². The van der Waals surface area contributed by atoms with Crippen LogP contribution in [0.2, 0.25) is 0 Å². The van der Waals surface area contributed by atoms with Gasteiger partial charge in [-0.2, -0.15) is 5.10 Å². The first-order chi connectivity index (χ1) is 13.7. The van der Waals surface area contributed by atoms with Gasteiger partial charge in [-0.3, -0.25) is 9.48 Å². The molecule has 0 unspecified atom stereocenters. The van der Waals surface area contributed by atoms with Gasteiger partial charge in [0.1, 0.15) is 5.54 Å². The second kappa shape index (κ2) is 7.98. The van der Waals surface area contributed by atoms with Crippen molar-refractivity contribution in [1.29, 1.82) is 0 Å². The summed E-state index contributed by atoms with van der Waals surface area (Å²) in [6.07, 6.45) is 5.11. The lowest BCUT2D eigenvalue weighted by atomic mass is 9.87. The minimum Gasteiger partial charge on any atom is -0.350 e. The Morgan fingerprint density at radius 1 is 1.11 bits per heavy atom. The number of carbonyl (C=O) groups excluding carboxylic acids is 1. The van der Waals surface area contributed by atoms with Crippen LogP contribution in [0.3, 0.4) is 0 Å². The monoisotopic (exact) mass is 374 g/mol. The fourth-order valence-electron chi connectivity index (χ4n) is 3.88. The molecule has 4 rings (SSSR count). The van der Waals surface area contributed by atoms with Gasteiger partial charge in [-0.05, 0) is 61.7 Å². The highest BCUT2D eigenvalue weighted by atomic mass is 16.2. The minimum atomic E-state index is -0.608. The predicted octanol–water partition coefficient (Wildman–Crippen LogP) is 3.25. The second-order valence-electron chi connectivity index (χ2n) is 7.48. The summed E-state index contributed by atoms with van der Waals surface area (Å²) in [6, 6.07) is 18.7. The van der Waals surface area contributed by atoms with Crippen LogP contribution in [0.4, 0.5) is 0 Å². The van der Waals surface area contributed by atoms with Gasteiger partial charge in [-0.25, -0.2) is 0 Å². The summed E-state index contributed by atoms with van der Waals surface area (Å²) in [4.78, 5) is 13.2. The van der Waals surface area contributed by atoms with Crippen molar-refractivity contribution in [1.82, 2.24) is 20.4 Å². The first-order valence-electron chi connectivity index (χ1n) is 9.82. The van der Waals surface area contributed by atoms with Crippen LogP contribution in [0.1, 0.15) is 24.0 Å². The molecule has 1 amide bonds. The van der Waals surface area contributed by atoms with Crippen molar-refractivity contribution < 1.29 is 4.79 Å². The molecule has 0 saturated carbocycles. The van der Waals surface area contributed by atoms with E-state index in [1.165, 1.54) is 11.1 Å². The average Bonchev–Trinajstić information content (AvgIpc) is 3.29. The summed E-state index contributed by atoms with van der Waals surface area (Å²) in [7, 11) is 0. The van der Waals surface area contributed by atoms with E-state index in [9.17, 15) is 4.79 Å². The number of nitrogens with one attached hydrogen (secondary N) is 2. The van der Waals surface area contributed by atoms with Crippen LogP contribution in [-0.2, 0) is 16.9 Å². The van der Waals surface area contributed by atoms with Gasteiger partial charge in [0.15, 0.2) is 0 Å². The van der Waals surface area contributed by atoms with E-state index in [2.05, 4.69) is 65.1 Å². The molecular weight excluding hydrogens is 348 g/mol. The van der Waals surface area contributed by atoms with Gasteiger partial charge in [0.25, 0.3) is 0 Å². The molecule has 0 atom stereocenters. The van der Waals surface area contributed by atoms with Gasteiger partial charge in [-0.15, -0.1) is 0 Å². The zero-order chi connectivity index (χ0) is 19.4. The first-order valence-corrected chi connectivity index (χ1v) is 9.82. The predicted molar refractivity (Wildman–Crippen MR) is 111 cm³/mol. The Labute approximate surface area is 165 Å². The van der Waals surface area contributed by atoms with Crippen molar-refractivity contribution in [3.05, 3.63) is 78.1 Å². The number of piperidine rings is 1. The Morgan fingerprint density at radius 3 is 2.61 bits per heavy atom. The van der Waals surface area contributed by atoms with Gasteiger partial charge in [0.05, 0.1) is 0 Å². The van der Waals surface area contributed by atoms with E-state index in [1.54, 1.807) is 6.20 Å². The minimum absolute atomic E-state index is 0.0402. The molecule has 3 aromatic rings. The molecule has 1 aromatic heterocycles. The van der Waals surface area contributed by atoms with Crippen LogP contribution < -0.4 is 10.6 Å². The van der Waals surface area contributed by atoms with Crippen LogP contribution in [0.25, 0.3) is 11.1 Å². The number of aromatic nitrogens is 2. The Kier molecular flexibility index (Phi) is 5.26. The van der Waals surface area contributed by atoms with E-state index < -0.39 is 5.54 Å². The van der Waals surface area contributed by atoms with Gasteiger partial charge in [0.2, 0.25) is 5.91 Å². The molecule has 5 heteroatoms. The van der Waals surface area contributed by atoms with Crippen LogP contribution in [0, 0.1) is 6.92 Å². The van der Waals surface area contributed by atoms with E-state index in [0.717, 1.165) is 37.1 Å². The largest absolute Gasteiger partial charge is 0.350 e. The van der Waals surface area contributed by atoms with Crippen molar-refractivity contribution in [2.75, 3.05) is 13.1 Å². The molecule has 5 nitrogen and oxygen atoms in total. The topological polar surface area (TPSA) is 59.0 Å². The SMILES string of the molecule is Cc1ccc(-c2cccc(CNC(=O)C3(n4cccn4)CCNCC3)c2)cc1. The third-order valence-corrected chi connectivity index (χ3v) is 5.56. The fourth-order valence-corrected chi connectivity index (χ4v) is 3.88. The number of hydrogen-bond donors (Lipinski definition) is 2. The molecule has 1 aliphatic heterocycles. The summed E-state index contributed by atoms with van der Waals surface area (Å²) in [5.74, 6) is 0.0402. The lowest BCUT2D eigenvalue weighted by Crippen LogP contribution is -2.54. The van der Waals surface area contributed by atoms with Gasteiger partial charge in [-0.1, -0.05) is 48.0 Å². The Balaban J connectivity index is 1.50. The summed E-state index contributed by atoms with van der Waals surface area (Å²) >= 11 is 0. The maximum atomic E-state index is 13.2. The molecule has 2 aromatic carbocycles. The molecule has 28 heavy (non-hydrogen) atoms. The lowest BCUT2D eigenvalue weighted by molar-refractivity contribution is -0.132. The van der Waals surface area contributed by atoms with Crippen molar-refractivity contribution in [3.63, 3.8) is 0 Å². The summed E-state index contributed by atoms with van der Waals surface area (Å²) in [5, 5.41) is 10.9. The van der Waals surface area contributed by atoms with Gasteiger partial charge >= 0.3 is 0 Å². The number of amides is 1. The number of benzene rings is 2. The first kappa shape index (κ1) is 18.4. The molecule has 1 fully saturated rings. The summed E-state index contributed by atoms with van der Waals surface area (Å²) in [6.45, 7) is 4.23. The molecule has 2 N–H and O–H groups in total. The van der Waals surface area contributed by atoms with Crippen molar-refractivity contribution >= 4 is 5.91 Å². The smallest absolute Gasteiger partial charge is 0.248 e. The van der Waals surface area contributed by atoms with E-state index >= 15 is 0 Å². The van der Waals surface area contributed by atoms with Gasteiger partial charge in [0, 0.05) is 18.9 Å². The zero-order valence-electron chi connectivity index (χ0n) is 16.2. The molecule has 1 saturated heterocycles. The third kappa shape index (κ3) is 3.71. The zero-order valence-corrected chi connectivity index (χ0v) is 16.2. The van der Waals surface area contributed by atoms with Crippen molar-refractivity contribution in [3.8, 4) is 11.1 Å². The maximum Gasteiger partial charge on any atom is 0.248 e. The second-order valence-corrected chi connectivity index (χ2v) is 7.48. The standard InChI is InChI=1S/C23H26N4O/c1-18-6-8-20(9-7-18)21-5-2-4-19(16-21)17-25-22(28)23(10-13-24-14-11-23)27-15-3-12-26-27/h2-9,12,15-16,24H,10-11,13-14,17H2,1H3,(H,25,28). The Hall–Kier alpha value is -2.92. The fraction of sp³-hybridized carbons (Fsp3) is 0.304. The number of carbonyl (C=O) groups is 1. The van der Waals surface area contributed by atoms with E-state index in [-0.39, 0.29) is 5.91 Å². The molecule has 144 valence electrons. The van der Waals surface area contributed by atoms with Crippen molar-refractivity contribution in [2.45, 2.75) is 31.8 Å². The molecule has 0 radical (unpaired) electrons. The number of aryl methyl sites for hydroxylation is 1. The Bertz CT molecular complexity index is 926. The van der Waals surface area contributed by atoms with Crippen LogP contribution in [-0.4, -0.2) is 28.8 Å². The molecule has 0 aliphatic carbocycles. The quantitative estimate of drug-likeness (QED) is 0.721. The molecule has 1 aliphatic rings. The average molecular weight is 374 g/mol. The molecular formula is C23H26N4O.